The molecule has 0 saturated carbocycles. The van der Waals surface area contributed by atoms with Gasteiger partial charge < -0.3 is 15.5 Å². The molecule has 0 spiro atoms. The summed E-state index contributed by atoms with van der Waals surface area (Å²) in [4.78, 5) is 25.4. The number of benzene rings is 1. The van der Waals surface area contributed by atoms with Crippen LogP contribution in [0, 0.1) is 0 Å². The van der Waals surface area contributed by atoms with Gasteiger partial charge in [0.05, 0.1) is 6.20 Å². The van der Waals surface area contributed by atoms with Crippen molar-refractivity contribution in [1.29, 1.82) is 0 Å². The predicted octanol–water partition coefficient (Wildman–Crippen LogP) is 1.72. The highest BCUT2D eigenvalue weighted by molar-refractivity contribution is 5.97. The molecule has 0 fully saturated rings. The van der Waals surface area contributed by atoms with Crippen LogP contribution in [-0.4, -0.2) is 35.7 Å². The van der Waals surface area contributed by atoms with Gasteiger partial charge in [0.1, 0.15) is 6.04 Å². The number of hydrogen-bond acceptors (Lipinski definition) is 4. The fourth-order valence-electron chi connectivity index (χ4n) is 2.23. The molecule has 7 nitrogen and oxygen atoms in total. The number of rotatable bonds is 5. The van der Waals surface area contributed by atoms with Gasteiger partial charge in [0, 0.05) is 44.2 Å². The highest BCUT2D eigenvalue weighted by atomic mass is 35.5. The van der Waals surface area contributed by atoms with E-state index in [1.54, 1.807) is 56.4 Å². The Morgan fingerprint density at radius 2 is 2.04 bits per heavy atom. The number of carbonyl (C=O) groups excluding carboxylic acids is 2. The number of aryl methyl sites for hydroxylation is 1. The smallest absolute Gasteiger partial charge is 0.246 e. The van der Waals surface area contributed by atoms with Crippen molar-refractivity contribution in [2.75, 3.05) is 24.3 Å². The van der Waals surface area contributed by atoms with Crippen molar-refractivity contribution in [3.05, 3.63) is 42.2 Å². The molecule has 0 radical (unpaired) electrons. The lowest BCUT2D eigenvalue weighted by atomic mass is 10.1. The number of nitrogens with one attached hydrogen (secondary N) is 2. The summed E-state index contributed by atoms with van der Waals surface area (Å²) in [5.41, 5.74) is 2.13. The molecule has 0 saturated heterocycles. The van der Waals surface area contributed by atoms with Gasteiger partial charge >= 0.3 is 0 Å². The number of anilines is 2. The standard InChI is InChI=1S/C16H21N5O2.ClH/c1-11(22)21(4)14-7-5-6-13(8-14)19-16(23)15(17-2)12-9-18-20(3)10-12;/h5-10,15,17H,1-4H3,(H,19,23);1H. The van der Waals surface area contributed by atoms with Crippen LogP contribution >= 0.6 is 12.4 Å². The fourth-order valence-corrected chi connectivity index (χ4v) is 2.23. The van der Waals surface area contributed by atoms with E-state index < -0.39 is 6.04 Å². The molecule has 1 heterocycles. The molecular weight excluding hydrogens is 330 g/mol. The van der Waals surface area contributed by atoms with E-state index in [4.69, 9.17) is 0 Å². The van der Waals surface area contributed by atoms with Crippen molar-refractivity contribution < 1.29 is 9.59 Å². The monoisotopic (exact) mass is 351 g/mol. The molecule has 2 rings (SSSR count). The summed E-state index contributed by atoms with van der Waals surface area (Å²) in [5, 5.41) is 9.92. The van der Waals surface area contributed by atoms with Gasteiger partial charge in [-0.2, -0.15) is 5.10 Å². The van der Waals surface area contributed by atoms with Gasteiger partial charge in [-0.15, -0.1) is 12.4 Å². The van der Waals surface area contributed by atoms with Gasteiger partial charge in [-0.05, 0) is 25.2 Å². The number of halogens is 1. The highest BCUT2D eigenvalue weighted by Gasteiger charge is 2.20. The number of aromatic nitrogens is 2. The first-order chi connectivity index (χ1) is 10.9. The third-order valence-corrected chi connectivity index (χ3v) is 3.58. The van der Waals surface area contributed by atoms with Gasteiger partial charge in [0.2, 0.25) is 11.8 Å². The van der Waals surface area contributed by atoms with Crippen LogP contribution < -0.4 is 15.5 Å². The quantitative estimate of drug-likeness (QED) is 0.859. The normalized spacial score (nSPS) is 11.3. The molecule has 2 amide bonds. The van der Waals surface area contributed by atoms with Gasteiger partial charge in [-0.1, -0.05) is 6.07 Å². The third kappa shape index (κ3) is 4.56. The molecule has 8 heteroatoms. The third-order valence-electron chi connectivity index (χ3n) is 3.58. The lowest BCUT2D eigenvalue weighted by Gasteiger charge is -2.18. The number of amides is 2. The summed E-state index contributed by atoms with van der Waals surface area (Å²) in [7, 11) is 5.21. The van der Waals surface area contributed by atoms with Crippen LogP contribution in [0.4, 0.5) is 11.4 Å². The summed E-state index contributed by atoms with van der Waals surface area (Å²) < 4.78 is 1.65. The molecule has 24 heavy (non-hydrogen) atoms. The zero-order chi connectivity index (χ0) is 17.0. The molecule has 1 aromatic heterocycles. The summed E-state index contributed by atoms with van der Waals surface area (Å²) in [6.07, 6.45) is 3.45. The van der Waals surface area contributed by atoms with Crippen molar-refractivity contribution in [1.82, 2.24) is 15.1 Å². The molecule has 1 atom stereocenters. The Bertz CT molecular complexity index is 716. The topological polar surface area (TPSA) is 79.3 Å². The maximum Gasteiger partial charge on any atom is 0.246 e. The predicted molar refractivity (Wildman–Crippen MR) is 96.4 cm³/mol. The lowest BCUT2D eigenvalue weighted by Crippen LogP contribution is -2.30. The SMILES string of the molecule is CNC(C(=O)Nc1cccc(N(C)C(C)=O)c1)c1cnn(C)c1.Cl. The molecule has 130 valence electrons. The van der Waals surface area contributed by atoms with Crippen LogP contribution in [0.15, 0.2) is 36.7 Å². The molecule has 0 aliphatic heterocycles. The fraction of sp³-hybridized carbons (Fsp3) is 0.312. The van der Waals surface area contributed by atoms with Crippen molar-refractivity contribution in [2.24, 2.45) is 7.05 Å². The van der Waals surface area contributed by atoms with Crippen molar-refractivity contribution in [3.8, 4) is 0 Å². The molecule has 0 aliphatic rings. The van der Waals surface area contributed by atoms with Crippen molar-refractivity contribution >= 4 is 35.6 Å². The first kappa shape index (κ1) is 19.7. The van der Waals surface area contributed by atoms with E-state index in [-0.39, 0.29) is 24.2 Å². The zero-order valence-electron chi connectivity index (χ0n) is 14.1. The summed E-state index contributed by atoms with van der Waals surface area (Å²) in [6.45, 7) is 1.49. The van der Waals surface area contributed by atoms with Gasteiger partial charge in [0.15, 0.2) is 0 Å². The van der Waals surface area contributed by atoms with E-state index in [1.807, 2.05) is 6.07 Å². The van der Waals surface area contributed by atoms with Gasteiger partial charge in [-0.25, -0.2) is 0 Å². The first-order valence-electron chi connectivity index (χ1n) is 7.23. The Morgan fingerprint density at radius 3 is 2.58 bits per heavy atom. The molecule has 1 aromatic carbocycles. The summed E-state index contributed by atoms with van der Waals surface area (Å²) >= 11 is 0. The average Bonchev–Trinajstić information content (AvgIpc) is 2.93. The second-order valence-corrected chi connectivity index (χ2v) is 5.29. The van der Waals surface area contributed by atoms with E-state index >= 15 is 0 Å². The number of nitrogens with zero attached hydrogens (tertiary/aromatic N) is 3. The molecule has 1 unspecified atom stereocenters. The highest BCUT2D eigenvalue weighted by Crippen LogP contribution is 2.20. The summed E-state index contributed by atoms with van der Waals surface area (Å²) in [5.74, 6) is -0.264. The maximum atomic E-state index is 12.5. The second kappa shape index (κ2) is 8.47. The van der Waals surface area contributed by atoms with Crippen LogP contribution in [0.1, 0.15) is 18.5 Å². The van der Waals surface area contributed by atoms with Crippen LogP contribution in [-0.2, 0) is 16.6 Å². The van der Waals surface area contributed by atoms with Gasteiger partial charge in [-0.3, -0.25) is 14.3 Å². The van der Waals surface area contributed by atoms with E-state index in [2.05, 4.69) is 15.7 Å². The van der Waals surface area contributed by atoms with E-state index in [0.717, 1.165) is 11.3 Å². The van der Waals surface area contributed by atoms with Crippen molar-refractivity contribution in [2.45, 2.75) is 13.0 Å². The molecule has 0 bridgehead atoms. The largest absolute Gasteiger partial charge is 0.324 e. The van der Waals surface area contributed by atoms with E-state index in [0.29, 0.717) is 5.69 Å². The number of hydrogen-bond donors (Lipinski definition) is 2. The minimum absolute atomic E-state index is 0. The minimum atomic E-state index is -0.502. The number of likely N-dealkylation sites (N-methyl/N-ethyl adjacent to an activating group) is 1. The number of carbonyl (C=O) groups is 2. The molecule has 2 N–H and O–H groups in total. The average molecular weight is 352 g/mol. The Kier molecular flexibility index (Phi) is 6.94. The van der Waals surface area contributed by atoms with Gasteiger partial charge in [0.25, 0.3) is 0 Å². The first-order valence-corrected chi connectivity index (χ1v) is 7.23. The van der Waals surface area contributed by atoms with Crippen LogP contribution in [0.3, 0.4) is 0 Å². The summed E-state index contributed by atoms with van der Waals surface area (Å²) in [6, 6.07) is 6.65. The Labute approximate surface area is 147 Å². The van der Waals surface area contributed by atoms with Crippen LogP contribution in [0.2, 0.25) is 0 Å². The Balaban J connectivity index is 0.00000288. The van der Waals surface area contributed by atoms with Crippen molar-refractivity contribution in [3.63, 3.8) is 0 Å². The van der Waals surface area contributed by atoms with Crippen LogP contribution in [0.5, 0.6) is 0 Å². The Morgan fingerprint density at radius 1 is 1.33 bits per heavy atom. The molecule has 0 aliphatic carbocycles. The van der Waals surface area contributed by atoms with E-state index in [9.17, 15) is 9.59 Å². The lowest BCUT2D eigenvalue weighted by molar-refractivity contribution is -0.118. The minimum Gasteiger partial charge on any atom is -0.324 e. The second-order valence-electron chi connectivity index (χ2n) is 5.29. The molecular formula is C16H22ClN5O2. The molecule has 2 aromatic rings. The van der Waals surface area contributed by atoms with Crippen LogP contribution in [0.25, 0.3) is 0 Å². The Hall–Kier alpha value is -2.38. The van der Waals surface area contributed by atoms with E-state index in [1.165, 1.54) is 11.8 Å². The maximum absolute atomic E-state index is 12.5. The zero-order valence-corrected chi connectivity index (χ0v) is 14.9.